The van der Waals surface area contributed by atoms with Crippen molar-refractivity contribution in [3.63, 3.8) is 0 Å². The van der Waals surface area contributed by atoms with Gasteiger partial charge in [-0.25, -0.2) is 4.99 Å². The van der Waals surface area contributed by atoms with E-state index in [4.69, 9.17) is 21.1 Å². The normalized spacial score (nSPS) is 22.5. The number of amides is 1. The molecule has 0 aromatic heterocycles. The molecule has 1 aromatic carbocycles. The third-order valence-electron chi connectivity index (χ3n) is 9.66. The molecule has 0 radical (unpaired) electrons. The van der Waals surface area contributed by atoms with Gasteiger partial charge in [-0.05, 0) is 95.3 Å². The Labute approximate surface area is 267 Å². The predicted octanol–water partition coefficient (Wildman–Crippen LogP) is 6.43. The quantitative estimate of drug-likeness (QED) is 0.129. The van der Waals surface area contributed by atoms with Crippen LogP contribution in [0.2, 0.25) is 0 Å². The van der Waals surface area contributed by atoms with E-state index < -0.39 is 0 Å². The van der Waals surface area contributed by atoms with Gasteiger partial charge in [-0.2, -0.15) is 0 Å². The van der Waals surface area contributed by atoms with Gasteiger partial charge in [-0.3, -0.25) is 14.5 Å². The number of phenols is 1. The molecule has 3 heterocycles. The second-order valence-electron chi connectivity index (χ2n) is 12.8. The Balaban J connectivity index is 1.04. The number of amidine groups is 1. The van der Waals surface area contributed by atoms with Crippen LogP contribution in [0, 0.1) is 5.92 Å². The maximum atomic E-state index is 13.6. The van der Waals surface area contributed by atoms with E-state index in [0.29, 0.717) is 54.9 Å². The van der Waals surface area contributed by atoms with E-state index in [9.17, 15) is 14.7 Å². The van der Waals surface area contributed by atoms with Crippen molar-refractivity contribution in [3.05, 3.63) is 28.5 Å². The topological polar surface area (TPSA) is 91.7 Å². The average Bonchev–Trinajstić information content (AvgIpc) is 3.31. The maximum Gasteiger partial charge on any atom is 0.278 e. The molecule has 8 nitrogen and oxygen atoms in total. The number of aromatic hydroxyl groups is 1. The van der Waals surface area contributed by atoms with E-state index in [1.165, 1.54) is 11.3 Å². The molecule has 1 fully saturated rings. The number of halogens is 1. The van der Waals surface area contributed by atoms with Crippen LogP contribution in [0.15, 0.2) is 16.8 Å². The van der Waals surface area contributed by atoms with Gasteiger partial charge in [0.2, 0.25) is 0 Å². The predicted molar refractivity (Wildman–Crippen MR) is 176 cm³/mol. The third-order valence-corrected chi connectivity index (χ3v) is 9.93. The van der Waals surface area contributed by atoms with Gasteiger partial charge in [-0.1, -0.05) is 12.8 Å². The molecule has 1 saturated carbocycles. The van der Waals surface area contributed by atoms with E-state index in [1.54, 1.807) is 6.08 Å². The number of benzene rings is 1. The van der Waals surface area contributed by atoms with Gasteiger partial charge in [-0.15, -0.1) is 11.6 Å². The molecule has 0 spiro atoms. The molecule has 1 aliphatic carbocycles. The summed E-state index contributed by atoms with van der Waals surface area (Å²) in [6.07, 6.45) is 14.7. The summed E-state index contributed by atoms with van der Waals surface area (Å²) in [5.41, 5.74) is 4.59. The number of Topliss-reactive ketones (excluding diaryl/α,β-unsaturated/α-hetero) is 1. The number of rotatable bonds is 16. The molecule has 0 unspecified atom stereocenters. The lowest BCUT2D eigenvalue weighted by atomic mass is 9.81. The highest BCUT2D eigenvalue weighted by Crippen LogP contribution is 2.43. The van der Waals surface area contributed by atoms with Crippen molar-refractivity contribution in [2.75, 3.05) is 50.3 Å². The number of alkyl halides is 1. The molecule has 0 atom stereocenters. The van der Waals surface area contributed by atoms with E-state index in [2.05, 4.69) is 16.0 Å². The lowest BCUT2D eigenvalue weighted by molar-refractivity contribution is -0.126. The highest BCUT2D eigenvalue weighted by Gasteiger charge is 2.37. The van der Waals surface area contributed by atoms with Crippen molar-refractivity contribution in [1.29, 1.82) is 0 Å². The monoisotopic (exact) mass is 627 g/mol. The van der Waals surface area contributed by atoms with Crippen molar-refractivity contribution >= 4 is 40.9 Å². The van der Waals surface area contributed by atoms with Gasteiger partial charge >= 0.3 is 0 Å². The van der Waals surface area contributed by atoms with Crippen molar-refractivity contribution in [3.8, 4) is 5.75 Å². The summed E-state index contributed by atoms with van der Waals surface area (Å²) < 4.78 is 11.3. The summed E-state index contributed by atoms with van der Waals surface area (Å²) in [6, 6.07) is 2.11. The first-order valence-electron chi connectivity index (χ1n) is 16.9. The van der Waals surface area contributed by atoms with Gasteiger partial charge in [0.05, 0.1) is 13.2 Å². The second-order valence-corrected chi connectivity index (χ2v) is 13.1. The van der Waals surface area contributed by atoms with Crippen molar-refractivity contribution in [2.24, 2.45) is 10.9 Å². The lowest BCUT2D eigenvalue weighted by Gasteiger charge is -2.37. The van der Waals surface area contributed by atoms with Gasteiger partial charge < -0.3 is 19.5 Å². The number of hydrogen-bond donors (Lipinski definition) is 1. The van der Waals surface area contributed by atoms with Gasteiger partial charge in [0.15, 0.2) is 0 Å². The van der Waals surface area contributed by atoms with E-state index in [1.807, 2.05) is 11.8 Å². The molecular formula is C35H50ClN3O5. The summed E-state index contributed by atoms with van der Waals surface area (Å²) in [6.45, 7) is 6.48. The molecule has 1 amide bonds. The highest BCUT2D eigenvalue weighted by molar-refractivity contribution is 6.17. The molecule has 1 N–H and O–H groups in total. The second kappa shape index (κ2) is 16.2. The minimum absolute atomic E-state index is 0.0525. The van der Waals surface area contributed by atoms with E-state index in [0.717, 1.165) is 115 Å². The molecule has 242 valence electrons. The summed E-state index contributed by atoms with van der Waals surface area (Å²) in [4.78, 5) is 35.3. The van der Waals surface area contributed by atoms with Crippen LogP contribution in [0.4, 0.5) is 5.69 Å². The van der Waals surface area contributed by atoms with E-state index >= 15 is 0 Å². The minimum Gasteiger partial charge on any atom is -0.507 e. The lowest BCUT2D eigenvalue weighted by Crippen LogP contribution is -2.43. The smallest absolute Gasteiger partial charge is 0.278 e. The Bertz CT molecular complexity index is 1220. The maximum absolute atomic E-state index is 13.6. The Morgan fingerprint density at radius 1 is 1.00 bits per heavy atom. The number of carbonyl (C=O) groups is 2. The number of ketones is 1. The molecule has 9 heteroatoms. The van der Waals surface area contributed by atoms with Gasteiger partial charge in [0.25, 0.3) is 5.91 Å². The first-order valence-corrected chi connectivity index (χ1v) is 17.5. The van der Waals surface area contributed by atoms with Crippen LogP contribution in [0.5, 0.6) is 5.75 Å². The number of aliphatic imine (C=N–C) groups is 1. The van der Waals surface area contributed by atoms with Crippen molar-refractivity contribution in [1.82, 2.24) is 4.90 Å². The van der Waals surface area contributed by atoms with Crippen LogP contribution in [-0.2, 0) is 31.9 Å². The molecule has 0 bridgehead atoms. The number of carbonyl (C=O) groups excluding carboxylic acids is 2. The molecular weight excluding hydrogens is 578 g/mol. The summed E-state index contributed by atoms with van der Waals surface area (Å²) in [5.74, 6) is 2.00. The number of unbranched alkanes of at least 4 members (excludes halogenated alkanes) is 3. The summed E-state index contributed by atoms with van der Waals surface area (Å²) in [5, 5.41) is 11.2. The fraction of sp³-hybridized carbons (Fsp3) is 0.686. The number of ether oxygens (including phenoxy) is 2. The number of aryl methyl sites for hydroxylation is 1. The molecule has 1 aromatic rings. The van der Waals surface area contributed by atoms with Crippen LogP contribution >= 0.6 is 11.6 Å². The largest absolute Gasteiger partial charge is 0.507 e. The average molecular weight is 628 g/mol. The SMILES string of the molecule is CC1=N/C(=C\c2cc3c4c(c2O)CCCN4CCC3)C(=O)N1C1CCC(C(=O)CCCOCCOCCCCCCCl)CC1. The highest BCUT2D eigenvalue weighted by atomic mass is 35.5. The number of hydrogen-bond acceptors (Lipinski definition) is 7. The third kappa shape index (κ3) is 8.04. The van der Waals surface area contributed by atoms with Crippen LogP contribution in [0.25, 0.3) is 6.08 Å². The fourth-order valence-electron chi connectivity index (χ4n) is 7.38. The number of phenolic OH excluding ortho intramolecular Hbond substituents is 1. The van der Waals surface area contributed by atoms with Crippen LogP contribution in [0.1, 0.15) is 101 Å². The van der Waals surface area contributed by atoms with Crippen molar-refractivity contribution in [2.45, 2.75) is 103 Å². The zero-order valence-electron chi connectivity index (χ0n) is 26.5. The van der Waals surface area contributed by atoms with E-state index in [-0.39, 0.29) is 17.9 Å². The Hall–Kier alpha value is -2.42. The van der Waals surface area contributed by atoms with Crippen LogP contribution in [-0.4, -0.2) is 79.0 Å². The van der Waals surface area contributed by atoms with Gasteiger partial charge in [0, 0.05) is 67.4 Å². The minimum atomic E-state index is -0.0999. The number of nitrogens with zero attached hydrogens (tertiary/aromatic N) is 3. The first-order chi connectivity index (χ1) is 21.5. The zero-order chi connectivity index (χ0) is 30.9. The molecule has 0 saturated heterocycles. The molecule has 3 aliphatic heterocycles. The first kappa shape index (κ1) is 33.0. The van der Waals surface area contributed by atoms with Gasteiger partial charge in [0.1, 0.15) is 23.1 Å². The molecule has 5 rings (SSSR count). The van der Waals surface area contributed by atoms with Crippen LogP contribution < -0.4 is 4.90 Å². The van der Waals surface area contributed by atoms with Crippen molar-refractivity contribution < 1.29 is 24.2 Å². The Morgan fingerprint density at radius 3 is 2.45 bits per heavy atom. The Morgan fingerprint density at radius 2 is 1.70 bits per heavy atom. The van der Waals surface area contributed by atoms with Crippen LogP contribution in [0.3, 0.4) is 0 Å². The molecule has 4 aliphatic rings. The standard InChI is InChI=1S/C35H50ClN3O5/c1-25-37-31(24-28-23-27-9-6-17-38-18-7-10-30(33(27)38)34(28)41)35(42)39(25)29-14-12-26(13-15-29)32(40)11-8-20-44-22-21-43-19-5-3-2-4-16-36/h23-24,26,29,41H,2-22H2,1H3/b31-24-. The number of anilines is 1. The molecule has 44 heavy (non-hydrogen) atoms. The Kier molecular flexibility index (Phi) is 12.2. The summed E-state index contributed by atoms with van der Waals surface area (Å²) >= 11 is 5.69. The zero-order valence-corrected chi connectivity index (χ0v) is 27.2. The summed E-state index contributed by atoms with van der Waals surface area (Å²) in [7, 11) is 0. The fourth-order valence-corrected chi connectivity index (χ4v) is 7.57.